The van der Waals surface area contributed by atoms with Crippen LogP contribution >= 0.6 is 0 Å². The van der Waals surface area contributed by atoms with Crippen molar-refractivity contribution >= 4 is 5.97 Å². The third kappa shape index (κ3) is 4.40. The Morgan fingerprint density at radius 1 is 0.864 bits per heavy atom. The van der Waals surface area contributed by atoms with E-state index in [1.54, 1.807) is 0 Å². The van der Waals surface area contributed by atoms with Crippen LogP contribution in [-0.2, 0) is 14.3 Å². The number of hydrogen-bond acceptors (Lipinski definition) is 8. The molecule has 250 valence electrons. The number of hydrogen-bond donors (Lipinski definition) is 5. The van der Waals surface area contributed by atoms with Crippen LogP contribution < -0.4 is 0 Å². The molecule has 4 saturated carbocycles. The van der Waals surface area contributed by atoms with Gasteiger partial charge in [-0.15, -0.1) is 0 Å². The highest BCUT2D eigenvalue weighted by Crippen LogP contribution is 2.75. The van der Waals surface area contributed by atoms with Crippen molar-refractivity contribution in [3.05, 3.63) is 11.6 Å². The maximum absolute atomic E-state index is 14.4. The van der Waals surface area contributed by atoms with E-state index in [4.69, 9.17) is 9.47 Å². The van der Waals surface area contributed by atoms with Gasteiger partial charge >= 0.3 is 5.97 Å². The van der Waals surface area contributed by atoms with Gasteiger partial charge in [-0.2, -0.15) is 0 Å². The Morgan fingerprint density at radius 2 is 1.55 bits per heavy atom. The molecule has 5 N–H and O–H groups in total. The Balaban J connectivity index is 1.35. The van der Waals surface area contributed by atoms with Crippen molar-refractivity contribution in [1.82, 2.24) is 0 Å². The number of esters is 1. The molecule has 0 amide bonds. The van der Waals surface area contributed by atoms with E-state index in [9.17, 15) is 30.3 Å². The Labute approximate surface area is 263 Å². The molecule has 5 aliphatic carbocycles. The van der Waals surface area contributed by atoms with Crippen LogP contribution in [0.3, 0.4) is 0 Å². The largest absolute Gasteiger partial charge is 0.432 e. The Bertz CT molecular complexity index is 1180. The van der Waals surface area contributed by atoms with E-state index in [0.29, 0.717) is 24.7 Å². The van der Waals surface area contributed by atoms with Crippen molar-refractivity contribution in [2.75, 3.05) is 6.61 Å². The van der Waals surface area contributed by atoms with E-state index < -0.39 is 48.7 Å². The number of rotatable bonds is 3. The molecule has 0 aromatic rings. The lowest BCUT2D eigenvalue weighted by molar-refractivity contribution is -0.297. The minimum absolute atomic E-state index is 0.00434. The quantitative estimate of drug-likeness (QED) is 0.231. The summed E-state index contributed by atoms with van der Waals surface area (Å²) < 4.78 is 11.6. The zero-order valence-electron chi connectivity index (χ0n) is 28.0. The van der Waals surface area contributed by atoms with Crippen LogP contribution in [0.5, 0.6) is 0 Å². The number of aliphatic hydroxyl groups is 5. The maximum atomic E-state index is 14.4. The fourth-order valence-corrected chi connectivity index (χ4v) is 12.0. The number of allylic oxidation sites excluding steroid dienone is 2. The van der Waals surface area contributed by atoms with Gasteiger partial charge in [0.15, 0.2) is 0 Å². The maximum Gasteiger partial charge on any atom is 0.315 e. The number of carbonyl (C=O) groups excluding carboxylic acids is 1. The molecule has 8 heteroatoms. The highest BCUT2D eigenvalue weighted by Gasteiger charge is 2.69. The van der Waals surface area contributed by atoms with Crippen LogP contribution in [0, 0.1) is 50.2 Å². The SMILES string of the molecule is CC1(C)CC[C@]2(C(=O)O[C@H]3O[C@H](CO)[C@@H](O)[C@H](O)[C@@H]3O)CC[C@]3(C)C(=CC[C@@H]4[C@@]5(C)CC[C@H](O)C(C)(C)[C@@H]5CC[C@]43C)[C@@H]2C1. The molecule has 44 heavy (non-hydrogen) atoms. The average Bonchev–Trinajstić information content (AvgIpc) is 2.95. The van der Waals surface area contributed by atoms with Crippen LogP contribution in [0.25, 0.3) is 0 Å². The van der Waals surface area contributed by atoms with E-state index in [1.165, 1.54) is 5.57 Å². The summed E-state index contributed by atoms with van der Waals surface area (Å²) in [5, 5.41) is 52.0. The van der Waals surface area contributed by atoms with E-state index in [1.807, 2.05) is 0 Å². The molecule has 6 rings (SSSR count). The first-order valence-corrected chi connectivity index (χ1v) is 17.3. The van der Waals surface area contributed by atoms with Crippen molar-refractivity contribution < 1.29 is 39.8 Å². The number of fused-ring (bicyclic) bond motifs is 7. The van der Waals surface area contributed by atoms with Crippen LogP contribution in [0.1, 0.15) is 113 Å². The standard InChI is InChI=1S/C36H58O8/c1-31(2)14-16-36(30(42)44-29-28(41)27(40)26(39)22(19-37)43-29)17-15-34(6)20(21(36)18-31)8-9-24-33(5)12-11-25(38)32(3,4)23(33)10-13-35(24,34)7/h8,21-29,37-41H,9-19H2,1-7H3/t21-,22+,23-,24+,25-,26+,27-,28-,29+,33-,34+,35+,36-/m0/s1. The Morgan fingerprint density at radius 3 is 2.23 bits per heavy atom. The van der Waals surface area contributed by atoms with E-state index >= 15 is 0 Å². The molecule has 8 nitrogen and oxygen atoms in total. The molecule has 0 aromatic heterocycles. The van der Waals surface area contributed by atoms with Crippen LogP contribution in [0.4, 0.5) is 0 Å². The van der Waals surface area contributed by atoms with Gasteiger partial charge in [-0.1, -0.05) is 60.1 Å². The second kappa shape index (κ2) is 10.5. The monoisotopic (exact) mass is 618 g/mol. The first-order chi connectivity index (χ1) is 20.4. The van der Waals surface area contributed by atoms with Gasteiger partial charge in [0.1, 0.15) is 24.4 Å². The normalized spacial score (nSPS) is 52.8. The number of ether oxygens (including phenoxy) is 2. The lowest BCUT2D eigenvalue weighted by Crippen LogP contribution is -2.65. The van der Waals surface area contributed by atoms with Gasteiger partial charge in [0, 0.05) is 0 Å². The molecule has 0 aromatic carbocycles. The summed E-state index contributed by atoms with van der Waals surface area (Å²) in [5.74, 6) is 0.561. The fraction of sp³-hybridized carbons (Fsp3) is 0.917. The third-order valence-electron chi connectivity index (χ3n) is 15.1. The van der Waals surface area contributed by atoms with Crippen molar-refractivity contribution in [2.24, 2.45) is 50.2 Å². The smallest absolute Gasteiger partial charge is 0.315 e. The second-order valence-corrected chi connectivity index (χ2v) is 17.8. The molecule has 6 aliphatic rings. The molecule has 5 fully saturated rings. The summed E-state index contributed by atoms with van der Waals surface area (Å²) in [5.41, 5.74) is 0.719. The van der Waals surface area contributed by atoms with Gasteiger partial charge in [-0.25, -0.2) is 0 Å². The van der Waals surface area contributed by atoms with E-state index in [0.717, 1.165) is 51.4 Å². The second-order valence-electron chi connectivity index (χ2n) is 17.8. The first kappa shape index (κ1) is 32.9. The van der Waals surface area contributed by atoms with Crippen LogP contribution in [-0.4, -0.2) is 74.9 Å². The zero-order valence-corrected chi connectivity index (χ0v) is 28.0. The van der Waals surface area contributed by atoms with Crippen LogP contribution in [0.2, 0.25) is 0 Å². The van der Waals surface area contributed by atoms with Crippen LogP contribution in [0.15, 0.2) is 11.6 Å². The summed E-state index contributed by atoms with van der Waals surface area (Å²) in [6.07, 6.45) is 4.05. The first-order valence-electron chi connectivity index (χ1n) is 17.3. The predicted molar refractivity (Wildman–Crippen MR) is 165 cm³/mol. The van der Waals surface area contributed by atoms with Gasteiger partial charge in [-0.05, 0) is 109 Å². The Kier molecular flexibility index (Phi) is 7.84. The highest BCUT2D eigenvalue weighted by molar-refractivity contribution is 5.79. The van der Waals surface area contributed by atoms with Gasteiger partial charge in [0.05, 0.1) is 18.1 Å². The van der Waals surface area contributed by atoms with Gasteiger partial charge in [0.2, 0.25) is 6.29 Å². The average molecular weight is 619 g/mol. The number of aliphatic hydroxyl groups excluding tert-OH is 5. The highest BCUT2D eigenvalue weighted by atomic mass is 16.7. The third-order valence-corrected chi connectivity index (χ3v) is 15.1. The van der Waals surface area contributed by atoms with Crippen molar-refractivity contribution in [3.63, 3.8) is 0 Å². The molecule has 13 atom stereocenters. The lowest BCUT2D eigenvalue weighted by Gasteiger charge is -2.71. The van der Waals surface area contributed by atoms with Gasteiger partial charge < -0.3 is 35.0 Å². The molecular weight excluding hydrogens is 560 g/mol. The summed E-state index contributed by atoms with van der Waals surface area (Å²) in [6.45, 7) is 16.1. The van der Waals surface area contributed by atoms with Crippen molar-refractivity contribution in [2.45, 2.75) is 149 Å². The molecule has 1 heterocycles. The molecule has 0 bridgehead atoms. The van der Waals surface area contributed by atoms with Gasteiger partial charge in [0.25, 0.3) is 0 Å². The molecular formula is C36H58O8. The molecule has 1 saturated heterocycles. The van der Waals surface area contributed by atoms with E-state index in [2.05, 4.69) is 54.5 Å². The van der Waals surface area contributed by atoms with Gasteiger partial charge in [-0.3, -0.25) is 4.79 Å². The number of carbonyl (C=O) groups is 1. The molecule has 1 aliphatic heterocycles. The van der Waals surface area contributed by atoms with E-state index in [-0.39, 0.29) is 39.1 Å². The fourth-order valence-electron chi connectivity index (χ4n) is 12.0. The lowest BCUT2D eigenvalue weighted by atomic mass is 9.33. The van der Waals surface area contributed by atoms with Crippen molar-refractivity contribution in [3.8, 4) is 0 Å². The topological polar surface area (TPSA) is 137 Å². The molecule has 0 unspecified atom stereocenters. The summed E-state index contributed by atoms with van der Waals surface area (Å²) in [4.78, 5) is 14.4. The van der Waals surface area contributed by atoms with Crippen molar-refractivity contribution in [1.29, 1.82) is 0 Å². The summed E-state index contributed by atoms with van der Waals surface area (Å²) >= 11 is 0. The minimum atomic E-state index is -1.61. The Hall–Kier alpha value is -1.03. The predicted octanol–water partition coefficient (Wildman–Crippen LogP) is 4.49. The zero-order chi connectivity index (χ0) is 32.3. The minimum Gasteiger partial charge on any atom is -0.432 e. The summed E-state index contributed by atoms with van der Waals surface area (Å²) in [6, 6.07) is 0. The summed E-state index contributed by atoms with van der Waals surface area (Å²) in [7, 11) is 0. The molecule has 0 spiro atoms. The molecule has 0 radical (unpaired) electrons.